The van der Waals surface area contributed by atoms with Crippen LogP contribution in [-0.2, 0) is 22.6 Å². The molecule has 0 aliphatic rings. The molecule has 2 aromatic carbocycles. The molecule has 0 aromatic heterocycles. The standard InChI is InChI=1S/C21H26FN3O3/c1-21(2,3)28-19(26)15-25(24-14-17-9-11-18(22)12-10-17)20(27)23-13-16-7-5-4-6-8-16/h4-12,24H,13-15H2,1-3H3,(H,23,27). The monoisotopic (exact) mass is 387 g/mol. The van der Waals surface area contributed by atoms with E-state index in [9.17, 15) is 14.0 Å². The Labute approximate surface area is 164 Å². The number of urea groups is 1. The van der Waals surface area contributed by atoms with Crippen molar-refractivity contribution in [2.45, 2.75) is 39.5 Å². The minimum absolute atomic E-state index is 0.252. The summed E-state index contributed by atoms with van der Waals surface area (Å²) >= 11 is 0. The predicted molar refractivity (Wildman–Crippen MR) is 104 cm³/mol. The van der Waals surface area contributed by atoms with Gasteiger partial charge in [0, 0.05) is 13.1 Å². The fraction of sp³-hybridized carbons (Fsp3) is 0.333. The van der Waals surface area contributed by atoms with Crippen LogP contribution in [0.25, 0.3) is 0 Å². The van der Waals surface area contributed by atoms with Gasteiger partial charge in [0.15, 0.2) is 0 Å². The molecule has 6 nitrogen and oxygen atoms in total. The third-order valence-corrected chi connectivity index (χ3v) is 3.63. The van der Waals surface area contributed by atoms with Gasteiger partial charge in [-0.25, -0.2) is 19.6 Å². The van der Waals surface area contributed by atoms with Crippen LogP contribution in [-0.4, -0.2) is 29.2 Å². The lowest BCUT2D eigenvalue weighted by Crippen LogP contribution is -2.50. The lowest BCUT2D eigenvalue weighted by atomic mass is 10.2. The van der Waals surface area contributed by atoms with Crippen LogP contribution in [0.4, 0.5) is 9.18 Å². The van der Waals surface area contributed by atoms with Crippen molar-refractivity contribution in [2.24, 2.45) is 0 Å². The largest absolute Gasteiger partial charge is 0.459 e. The molecule has 2 N–H and O–H groups in total. The van der Waals surface area contributed by atoms with Crippen LogP contribution in [0.3, 0.4) is 0 Å². The number of carbonyl (C=O) groups excluding carboxylic acids is 2. The zero-order valence-corrected chi connectivity index (χ0v) is 16.4. The van der Waals surface area contributed by atoms with Crippen LogP contribution in [0.1, 0.15) is 31.9 Å². The summed E-state index contributed by atoms with van der Waals surface area (Å²) in [6.07, 6.45) is 0. The maximum Gasteiger partial charge on any atom is 0.332 e. The number of esters is 1. The van der Waals surface area contributed by atoms with E-state index in [0.717, 1.165) is 11.1 Å². The number of amides is 2. The number of hydrogen-bond acceptors (Lipinski definition) is 4. The summed E-state index contributed by atoms with van der Waals surface area (Å²) in [4.78, 5) is 24.7. The number of carbonyl (C=O) groups is 2. The Morgan fingerprint density at radius 2 is 1.57 bits per heavy atom. The van der Waals surface area contributed by atoms with E-state index in [0.29, 0.717) is 6.54 Å². The number of ether oxygens (including phenoxy) is 1. The zero-order chi connectivity index (χ0) is 20.6. The Morgan fingerprint density at radius 3 is 2.18 bits per heavy atom. The van der Waals surface area contributed by atoms with E-state index in [2.05, 4.69) is 10.7 Å². The lowest BCUT2D eigenvalue weighted by molar-refractivity contribution is -0.156. The summed E-state index contributed by atoms with van der Waals surface area (Å²) in [5, 5.41) is 3.94. The average molecular weight is 387 g/mol. The van der Waals surface area contributed by atoms with Gasteiger partial charge >= 0.3 is 12.0 Å². The van der Waals surface area contributed by atoms with Crippen LogP contribution in [0.2, 0.25) is 0 Å². The highest BCUT2D eigenvalue weighted by Crippen LogP contribution is 2.08. The normalized spacial score (nSPS) is 11.0. The maximum atomic E-state index is 13.0. The Hall–Kier alpha value is -2.93. The molecule has 0 fully saturated rings. The molecule has 0 spiro atoms. The third-order valence-electron chi connectivity index (χ3n) is 3.63. The lowest BCUT2D eigenvalue weighted by Gasteiger charge is -2.26. The van der Waals surface area contributed by atoms with Crippen LogP contribution >= 0.6 is 0 Å². The molecule has 28 heavy (non-hydrogen) atoms. The van der Waals surface area contributed by atoms with Crippen LogP contribution in [0, 0.1) is 5.82 Å². The van der Waals surface area contributed by atoms with E-state index in [-0.39, 0.29) is 18.9 Å². The molecule has 0 bridgehead atoms. The number of nitrogens with one attached hydrogen (secondary N) is 2. The second kappa shape index (κ2) is 9.85. The van der Waals surface area contributed by atoms with E-state index >= 15 is 0 Å². The first-order valence-corrected chi connectivity index (χ1v) is 9.02. The summed E-state index contributed by atoms with van der Waals surface area (Å²) < 4.78 is 18.3. The average Bonchev–Trinajstić information content (AvgIpc) is 2.64. The number of hydrogen-bond donors (Lipinski definition) is 2. The number of nitrogens with zero attached hydrogens (tertiary/aromatic N) is 1. The second-order valence-corrected chi connectivity index (χ2v) is 7.28. The van der Waals surface area contributed by atoms with Gasteiger partial charge in [0.05, 0.1) is 0 Å². The van der Waals surface area contributed by atoms with Gasteiger partial charge in [0.1, 0.15) is 18.0 Å². The summed E-state index contributed by atoms with van der Waals surface area (Å²) in [5.41, 5.74) is 3.96. The first-order chi connectivity index (χ1) is 13.2. The summed E-state index contributed by atoms with van der Waals surface area (Å²) in [6.45, 7) is 5.59. The van der Waals surface area contributed by atoms with E-state index in [4.69, 9.17) is 4.74 Å². The van der Waals surface area contributed by atoms with Crippen molar-refractivity contribution >= 4 is 12.0 Å². The Kier molecular flexibility index (Phi) is 7.52. The van der Waals surface area contributed by atoms with E-state index < -0.39 is 17.6 Å². The van der Waals surface area contributed by atoms with Crippen LogP contribution in [0.15, 0.2) is 54.6 Å². The van der Waals surface area contributed by atoms with Crippen molar-refractivity contribution in [1.82, 2.24) is 15.8 Å². The smallest absolute Gasteiger partial charge is 0.332 e. The summed E-state index contributed by atoms with van der Waals surface area (Å²) in [7, 11) is 0. The number of halogens is 1. The molecule has 0 radical (unpaired) electrons. The van der Waals surface area contributed by atoms with Crippen LogP contribution < -0.4 is 10.7 Å². The minimum atomic E-state index is -0.653. The van der Waals surface area contributed by atoms with E-state index in [1.165, 1.54) is 17.1 Å². The SMILES string of the molecule is CC(C)(C)OC(=O)CN(NCc1ccc(F)cc1)C(=O)NCc1ccccc1. The molecule has 0 saturated heterocycles. The Balaban J connectivity index is 2.00. The number of hydrazine groups is 1. The van der Waals surface area contributed by atoms with Gasteiger partial charge in [-0.05, 0) is 44.0 Å². The van der Waals surface area contributed by atoms with Crippen molar-refractivity contribution in [3.63, 3.8) is 0 Å². The van der Waals surface area contributed by atoms with Crippen LogP contribution in [0.5, 0.6) is 0 Å². The molecule has 0 heterocycles. The summed E-state index contributed by atoms with van der Waals surface area (Å²) in [5.74, 6) is -0.871. The third kappa shape index (κ3) is 7.75. The van der Waals surface area contributed by atoms with Gasteiger partial charge in [-0.15, -0.1) is 0 Å². The van der Waals surface area contributed by atoms with Gasteiger partial charge < -0.3 is 10.1 Å². The van der Waals surface area contributed by atoms with Crippen molar-refractivity contribution < 1.29 is 18.7 Å². The first kappa shape index (κ1) is 21.4. The van der Waals surface area contributed by atoms with Crippen molar-refractivity contribution in [1.29, 1.82) is 0 Å². The summed E-state index contributed by atoms with van der Waals surface area (Å²) in [6, 6.07) is 14.9. The molecule has 7 heteroatoms. The highest BCUT2D eigenvalue weighted by molar-refractivity contribution is 5.80. The van der Waals surface area contributed by atoms with Gasteiger partial charge in [0.25, 0.3) is 0 Å². The first-order valence-electron chi connectivity index (χ1n) is 9.02. The quantitative estimate of drug-likeness (QED) is 0.564. The van der Waals surface area contributed by atoms with E-state index in [1.54, 1.807) is 32.9 Å². The maximum absolute atomic E-state index is 13.0. The predicted octanol–water partition coefficient (Wildman–Crippen LogP) is 3.38. The molecule has 0 atom stereocenters. The fourth-order valence-electron chi connectivity index (χ4n) is 2.36. The highest BCUT2D eigenvalue weighted by Gasteiger charge is 2.22. The molecule has 0 aliphatic heterocycles. The topological polar surface area (TPSA) is 70.7 Å². The van der Waals surface area contributed by atoms with Gasteiger partial charge in [-0.3, -0.25) is 4.79 Å². The molecule has 2 rings (SSSR count). The molecule has 0 aliphatic carbocycles. The molecule has 2 amide bonds. The molecule has 150 valence electrons. The molecular weight excluding hydrogens is 361 g/mol. The zero-order valence-electron chi connectivity index (χ0n) is 16.4. The Bertz CT molecular complexity index is 774. The highest BCUT2D eigenvalue weighted by atomic mass is 19.1. The number of benzene rings is 2. The molecule has 2 aromatic rings. The second-order valence-electron chi connectivity index (χ2n) is 7.28. The number of rotatable bonds is 7. The van der Waals surface area contributed by atoms with Gasteiger partial charge in [0.2, 0.25) is 0 Å². The van der Waals surface area contributed by atoms with Crippen molar-refractivity contribution in [3.8, 4) is 0 Å². The van der Waals surface area contributed by atoms with Crippen molar-refractivity contribution in [2.75, 3.05) is 6.54 Å². The fourth-order valence-corrected chi connectivity index (χ4v) is 2.36. The minimum Gasteiger partial charge on any atom is -0.459 e. The van der Waals surface area contributed by atoms with E-state index in [1.807, 2.05) is 30.3 Å². The Morgan fingerprint density at radius 1 is 0.964 bits per heavy atom. The molecular formula is C21H26FN3O3. The van der Waals surface area contributed by atoms with Crippen molar-refractivity contribution in [3.05, 3.63) is 71.5 Å². The molecule has 0 saturated carbocycles. The van der Waals surface area contributed by atoms with Gasteiger partial charge in [-0.2, -0.15) is 0 Å². The molecule has 0 unspecified atom stereocenters. The van der Waals surface area contributed by atoms with Gasteiger partial charge in [-0.1, -0.05) is 42.5 Å².